The number of anilines is 1. The molecule has 0 unspecified atom stereocenters. The van der Waals surface area contributed by atoms with E-state index in [0.717, 1.165) is 5.56 Å². The number of carbonyl (C=O) groups excluding carboxylic acids is 1. The molecule has 1 amide bonds. The van der Waals surface area contributed by atoms with E-state index in [2.05, 4.69) is 16.0 Å². The molecule has 3 rings (SSSR count). The maximum Gasteiger partial charge on any atom is 0.246 e. The predicted octanol–water partition coefficient (Wildman–Crippen LogP) is 2.62. The van der Waals surface area contributed by atoms with Gasteiger partial charge in [0.1, 0.15) is 11.9 Å². The van der Waals surface area contributed by atoms with Gasteiger partial charge in [-0.1, -0.05) is 29.8 Å². The van der Waals surface area contributed by atoms with Gasteiger partial charge in [0.25, 0.3) is 0 Å². The molecule has 1 fully saturated rings. The molecule has 0 radical (unpaired) electrons. The Morgan fingerprint density at radius 3 is 2.72 bits per heavy atom. The molecule has 0 bridgehead atoms. The molecule has 0 saturated carbocycles. The zero-order valence-corrected chi connectivity index (χ0v) is 14.2. The minimum atomic E-state index is 0.0164. The van der Waals surface area contributed by atoms with Gasteiger partial charge in [-0.3, -0.25) is 4.79 Å². The molecule has 1 aromatic carbocycles. The number of nitriles is 1. The van der Waals surface area contributed by atoms with Gasteiger partial charge in [-0.05, 0) is 30.7 Å². The molecule has 25 heavy (non-hydrogen) atoms. The second kappa shape index (κ2) is 7.63. The fraction of sp³-hybridized carbons (Fsp3) is 0.250. The normalized spacial score (nSPS) is 14.6. The Morgan fingerprint density at radius 2 is 2.00 bits per heavy atom. The summed E-state index contributed by atoms with van der Waals surface area (Å²) < 4.78 is 0. The quantitative estimate of drug-likeness (QED) is 0.811. The van der Waals surface area contributed by atoms with Crippen LogP contribution < -0.4 is 4.90 Å². The van der Waals surface area contributed by atoms with Gasteiger partial charge in [0.2, 0.25) is 5.91 Å². The van der Waals surface area contributed by atoms with Gasteiger partial charge < -0.3 is 9.80 Å². The lowest BCUT2D eigenvalue weighted by atomic mass is 10.1. The number of pyridine rings is 1. The molecule has 2 aromatic rings. The number of piperazine rings is 1. The first-order chi connectivity index (χ1) is 12.2. The summed E-state index contributed by atoms with van der Waals surface area (Å²) in [4.78, 5) is 20.6. The van der Waals surface area contributed by atoms with E-state index >= 15 is 0 Å². The average Bonchev–Trinajstić information content (AvgIpc) is 2.66. The van der Waals surface area contributed by atoms with Crippen LogP contribution in [0.5, 0.6) is 0 Å². The van der Waals surface area contributed by atoms with Crippen LogP contribution in [0, 0.1) is 18.3 Å². The Morgan fingerprint density at radius 1 is 1.20 bits per heavy atom. The number of nitrogens with zero attached hydrogens (tertiary/aromatic N) is 4. The number of hydrogen-bond donors (Lipinski definition) is 0. The van der Waals surface area contributed by atoms with E-state index in [4.69, 9.17) is 0 Å². The van der Waals surface area contributed by atoms with Gasteiger partial charge in [-0.25, -0.2) is 4.98 Å². The van der Waals surface area contributed by atoms with Crippen LogP contribution in [0.1, 0.15) is 16.7 Å². The van der Waals surface area contributed by atoms with E-state index in [1.807, 2.05) is 42.2 Å². The third kappa shape index (κ3) is 4.04. The molecule has 0 N–H and O–H groups in total. The van der Waals surface area contributed by atoms with Crippen molar-refractivity contribution in [2.75, 3.05) is 31.1 Å². The lowest BCUT2D eigenvalue weighted by Gasteiger charge is -2.35. The standard InChI is InChI=1S/C20H20N4O/c1-16-4-2-5-17(14-16)7-8-19(25)23-10-12-24(13-11-23)20-18(15-21)6-3-9-22-20/h2-9,14H,10-13H2,1H3/b8-7+. The summed E-state index contributed by atoms with van der Waals surface area (Å²) in [5.41, 5.74) is 2.77. The van der Waals surface area contributed by atoms with E-state index in [1.165, 1.54) is 5.56 Å². The Hall–Kier alpha value is -3.13. The summed E-state index contributed by atoms with van der Waals surface area (Å²) in [5, 5.41) is 9.20. The zero-order chi connectivity index (χ0) is 17.6. The van der Waals surface area contributed by atoms with Crippen LogP contribution in [0.2, 0.25) is 0 Å². The van der Waals surface area contributed by atoms with Crippen molar-refractivity contribution in [2.24, 2.45) is 0 Å². The highest BCUT2D eigenvalue weighted by atomic mass is 16.2. The fourth-order valence-electron chi connectivity index (χ4n) is 2.92. The van der Waals surface area contributed by atoms with Crippen molar-refractivity contribution < 1.29 is 4.79 Å². The third-order valence-electron chi connectivity index (χ3n) is 4.26. The van der Waals surface area contributed by atoms with Crippen LogP contribution in [0.3, 0.4) is 0 Å². The Kier molecular flexibility index (Phi) is 5.10. The monoisotopic (exact) mass is 332 g/mol. The number of aromatic nitrogens is 1. The minimum absolute atomic E-state index is 0.0164. The summed E-state index contributed by atoms with van der Waals surface area (Å²) in [7, 11) is 0. The lowest BCUT2D eigenvalue weighted by molar-refractivity contribution is -0.126. The van der Waals surface area contributed by atoms with Crippen molar-refractivity contribution in [3.63, 3.8) is 0 Å². The average molecular weight is 332 g/mol. The van der Waals surface area contributed by atoms with Gasteiger partial charge in [0, 0.05) is 38.5 Å². The minimum Gasteiger partial charge on any atom is -0.352 e. The number of amides is 1. The second-order valence-electron chi connectivity index (χ2n) is 6.05. The number of carbonyl (C=O) groups is 1. The summed E-state index contributed by atoms with van der Waals surface area (Å²) in [5.74, 6) is 0.718. The molecule has 5 nitrogen and oxygen atoms in total. The number of aryl methyl sites for hydroxylation is 1. The van der Waals surface area contributed by atoms with Crippen molar-refractivity contribution in [3.8, 4) is 6.07 Å². The Labute approximate surface area is 147 Å². The fourth-order valence-corrected chi connectivity index (χ4v) is 2.92. The summed E-state index contributed by atoms with van der Waals surface area (Å²) >= 11 is 0. The third-order valence-corrected chi connectivity index (χ3v) is 4.26. The predicted molar refractivity (Wildman–Crippen MR) is 98.0 cm³/mol. The summed E-state index contributed by atoms with van der Waals surface area (Å²) in [6.45, 7) is 4.63. The molecule has 0 aliphatic carbocycles. The SMILES string of the molecule is Cc1cccc(/C=C/C(=O)N2CCN(c3ncccc3C#N)CC2)c1. The van der Waals surface area contributed by atoms with E-state index in [-0.39, 0.29) is 5.91 Å². The van der Waals surface area contributed by atoms with Crippen molar-refractivity contribution in [3.05, 3.63) is 65.4 Å². The second-order valence-corrected chi connectivity index (χ2v) is 6.05. The summed E-state index contributed by atoms with van der Waals surface area (Å²) in [6, 6.07) is 13.8. The van der Waals surface area contributed by atoms with Gasteiger partial charge in [0.05, 0.1) is 5.56 Å². The van der Waals surface area contributed by atoms with Gasteiger partial charge in [0.15, 0.2) is 0 Å². The molecule has 5 heteroatoms. The lowest BCUT2D eigenvalue weighted by Crippen LogP contribution is -2.48. The van der Waals surface area contributed by atoms with Crippen LogP contribution in [-0.2, 0) is 4.79 Å². The molecule has 1 aliphatic heterocycles. The first-order valence-electron chi connectivity index (χ1n) is 8.31. The van der Waals surface area contributed by atoms with E-state index in [1.54, 1.807) is 24.4 Å². The van der Waals surface area contributed by atoms with Crippen molar-refractivity contribution >= 4 is 17.8 Å². The van der Waals surface area contributed by atoms with Crippen LogP contribution in [0.4, 0.5) is 5.82 Å². The molecule has 126 valence electrons. The zero-order valence-electron chi connectivity index (χ0n) is 14.2. The van der Waals surface area contributed by atoms with E-state index in [0.29, 0.717) is 37.6 Å². The van der Waals surface area contributed by atoms with E-state index < -0.39 is 0 Å². The summed E-state index contributed by atoms with van der Waals surface area (Å²) in [6.07, 6.45) is 5.18. The van der Waals surface area contributed by atoms with Crippen molar-refractivity contribution in [1.29, 1.82) is 5.26 Å². The highest BCUT2D eigenvalue weighted by Crippen LogP contribution is 2.18. The maximum atomic E-state index is 12.4. The van der Waals surface area contributed by atoms with Gasteiger partial charge >= 0.3 is 0 Å². The van der Waals surface area contributed by atoms with Gasteiger partial charge in [-0.15, -0.1) is 0 Å². The Bertz CT molecular complexity index is 830. The molecule has 1 saturated heterocycles. The van der Waals surface area contributed by atoms with Crippen LogP contribution >= 0.6 is 0 Å². The molecule has 1 aliphatic rings. The molecule has 1 aromatic heterocycles. The molecule has 0 atom stereocenters. The first kappa shape index (κ1) is 16.7. The maximum absolute atomic E-state index is 12.4. The first-order valence-corrected chi connectivity index (χ1v) is 8.31. The highest BCUT2D eigenvalue weighted by molar-refractivity contribution is 5.92. The highest BCUT2D eigenvalue weighted by Gasteiger charge is 2.22. The number of hydrogen-bond acceptors (Lipinski definition) is 4. The van der Waals surface area contributed by atoms with Crippen LogP contribution in [-0.4, -0.2) is 42.0 Å². The topological polar surface area (TPSA) is 60.2 Å². The van der Waals surface area contributed by atoms with Crippen molar-refractivity contribution in [2.45, 2.75) is 6.92 Å². The molecular formula is C20H20N4O. The van der Waals surface area contributed by atoms with E-state index in [9.17, 15) is 10.1 Å². The number of benzene rings is 1. The van der Waals surface area contributed by atoms with Crippen molar-refractivity contribution in [1.82, 2.24) is 9.88 Å². The molecule has 0 spiro atoms. The van der Waals surface area contributed by atoms with Crippen LogP contribution in [0.25, 0.3) is 6.08 Å². The Balaban J connectivity index is 1.60. The molecule has 2 heterocycles. The number of rotatable bonds is 3. The molecular weight excluding hydrogens is 312 g/mol. The van der Waals surface area contributed by atoms with Crippen LogP contribution in [0.15, 0.2) is 48.7 Å². The largest absolute Gasteiger partial charge is 0.352 e. The smallest absolute Gasteiger partial charge is 0.246 e. The van der Waals surface area contributed by atoms with Gasteiger partial charge in [-0.2, -0.15) is 5.26 Å².